The average Bonchev–Trinajstić information content (AvgIpc) is 2.62. The van der Waals surface area contributed by atoms with E-state index in [-0.39, 0.29) is 5.97 Å². The molecule has 4 heteroatoms. The lowest BCUT2D eigenvalue weighted by Gasteiger charge is -2.36. The van der Waals surface area contributed by atoms with Crippen LogP contribution in [0.3, 0.4) is 0 Å². The van der Waals surface area contributed by atoms with E-state index >= 15 is 0 Å². The molecule has 1 heterocycles. The van der Waals surface area contributed by atoms with Crippen molar-refractivity contribution in [3.8, 4) is 11.5 Å². The molecular weight excluding hydrogens is 328 g/mol. The van der Waals surface area contributed by atoms with Crippen molar-refractivity contribution < 1.29 is 19.0 Å². The SMILES string of the molecule is CCCCOC(=O)C1(C)CCc2c(C)c(OCCCC)c(C)c(C)c2O1. The maximum atomic E-state index is 12.6. The van der Waals surface area contributed by atoms with Crippen molar-refractivity contribution in [2.45, 2.75) is 85.7 Å². The van der Waals surface area contributed by atoms with Gasteiger partial charge in [-0.1, -0.05) is 26.7 Å². The van der Waals surface area contributed by atoms with Gasteiger partial charge in [0.25, 0.3) is 0 Å². The van der Waals surface area contributed by atoms with E-state index in [1.54, 1.807) is 0 Å². The summed E-state index contributed by atoms with van der Waals surface area (Å²) in [5, 5.41) is 0. The molecule has 1 aromatic rings. The highest BCUT2D eigenvalue weighted by molar-refractivity contribution is 5.80. The molecule has 0 saturated heterocycles. The zero-order valence-electron chi connectivity index (χ0n) is 17.3. The van der Waals surface area contributed by atoms with Gasteiger partial charge in [0.1, 0.15) is 11.5 Å². The first-order chi connectivity index (χ1) is 12.4. The van der Waals surface area contributed by atoms with Gasteiger partial charge in [-0.05, 0) is 63.6 Å². The normalized spacial score (nSPS) is 18.8. The predicted octanol–water partition coefficient (Wildman–Crippen LogP) is 5.22. The molecule has 0 aromatic heterocycles. The standard InChI is InChI=1S/C22H34O4/c1-7-9-13-24-19-15(3)16(4)20-18(17(19)5)11-12-22(6,26-20)21(23)25-14-10-8-2/h7-14H2,1-6H3. The number of benzene rings is 1. The number of fused-ring (bicyclic) bond motifs is 1. The number of esters is 1. The van der Waals surface area contributed by atoms with Gasteiger partial charge in [0.05, 0.1) is 13.2 Å². The zero-order chi connectivity index (χ0) is 19.3. The van der Waals surface area contributed by atoms with E-state index in [2.05, 4.69) is 34.6 Å². The second kappa shape index (κ2) is 8.79. The van der Waals surface area contributed by atoms with E-state index in [9.17, 15) is 4.79 Å². The molecule has 0 spiro atoms. The highest BCUT2D eigenvalue weighted by Gasteiger charge is 2.42. The second-order valence-electron chi connectivity index (χ2n) is 7.54. The van der Waals surface area contributed by atoms with Crippen molar-refractivity contribution in [3.05, 3.63) is 22.3 Å². The smallest absolute Gasteiger partial charge is 0.350 e. The molecule has 26 heavy (non-hydrogen) atoms. The monoisotopic (exact) mass is 362 g/mol. The first kappa shape index (κ1) is 20.6. The minimum atomic E-state index is -0.908. The Hall–Kier alpha value is -1.71. The molecule has 146 valence electrons. The predicted molar refractivity (Wildman–Crippen MR) is 104 cm³/mol. The van der Waals surface area contributed by atoms with Crippen molar-refractivity contribution in [2.75, 3.05) is 13.2 Å². The van der Waals surface area contributed by atoms with Crippen LogP contribution in [0.15, 0.2) is 0 Å². The molecule has 0 N–H and O–H groups in total. The van der Waals surface area contributed by atoms with Crippen LogP contribution >= 0.6 is 0 Å². The Morgan fingerprint density at radius 2 is 1.69 bits per heavy atom. The molecule has 0 saturated carbocycles. The van der Waals surface area contributed by atoms with Crippen LogP contribution in [0.2, 0.25) is 0 Å². The van der Waals surface area contributed by atoms with Crippen LogP contribution in [0.4, 0.5) is 0 Å². The maximum Gasteiger partial charge on any atom is 0.350 e. The third kappa shape index (κ3) is 4.16. The number of rotatable bonds is 8. The Morgan fingerprint density at radius 1 is 1.04 bits per heavy atom. The molecule has 0 radical (unpaired) electrons. The van der Waals surface area contributed by atoms with E-state index in [1.807, 2.05) is 6.92 Å². The van der Waals surface area contributed by atoms with Gasteiger partial charge in [-0.15, -0.1) is 0 Å². The van der Waals surface area contributed by atoms with Crippen LogP contribution in [0.25, 0.3) is 0 Å². The molecule has 1 aromatic carbocycles. The van der Waals surface area contributed by atoms with Gasteiger partial charge in [0, 0.05) is 12.0 Å². The summed E-state index contributed by atoms with van der Waals surface area (Å²) < 4.78 is 17.8. The minimum absolute atomic E-state index is 0.255. The Balaban J connectivity index is 2.26. The Bertz CT molecular complexity index is 650. The van der Waals surface area contributed by atoms with Gasteiger partial charge in [0.2, 0.25) is 5.60 Å². The maximum absolute atomic E-state index is 12.6. The van der Waals surface area contributed by atoms with Crippen molar-refractivity contribution in [1.82, 2.24) is 0 Å². The third-order valence-electron chi connectivity index (χ3n) is 5.40. The summed E-state index contributed by atoms with van der Waals surface area (Å²) in [6.45, 7) is 13.5. The molecular formula is C22H34O4. The fourth-order valence-corrected chi connectivity index (χ4v) is 3.38. The van der Waals surface area contributed by atoms with E-state index in [0.717, 1.165) is 66.9 Å². The molecule has 2 rings (SSSR count). The average molecular weight is 363 g/mol. The summed E-state index contributed by atoms with van der Waals surface area (Å²) in [7, 11) is 0. The molecule has 1 atom stereocenters. The van der Waals surface area contributed by atoms with Gasteiger partial charge in [-0.25, -0.2) is 4.79 Å². The highest BCUT2D eigenvalue weighted by atomic mass is 16.6. The summed E-state index contributed by atoms with van der Waals surface area (Å²) >= 11 is 0. The van der Waals surface area contributed by atoms with Crippen LogP contribution in [0, 0.1) is 20.8 Å². The molecule has 0 aliphatic carbocycles. The number of carbonyl (C=O) groups is 1. The van der Waals surface area contributed by atoms with Crippen LogP contribution in [-0.4, -0.2) is 24.8 Å². The molecule has 1 aliphatic rings. The molecule has 0 fully saturated rings. The molecule has 0 amide bonds. The van der Waals surface area contributed by atoms with Crippen molar-refractivity contribution in [1.29, 1.82) is 0 Å². The first-order valence-corrected chi connectivity index (χ1v) is 9.97. The van der Waals surface area contributed by atoms with Gasteiger partial charge in [-0.2, -0.15) is 0 Å². The van der Waals surface area contributed by atoms with Crippen LogP contribution in [0.5, 0.6) is 11.5 Å². The van der Waals surface area contributed by atoms with E-state index < -0.39 is 5.60 Å². The minimum Gasteiger partial charge on any atom is -0.493 e. The lowest BCUT2D eigenvalue weighted by atomic mass is 9.87. The topological polar surface area (TPSA) is 44.8 Å². The summed E-state index contributed by atoms with van der Waals surface area (Å²) in [5.41, 5.74) is 3.55. The van der Waals surface area contributed by atoms with Crippen molar-refractivity contribution in [2.24, 2.45) is 0 Å². The van der Waals surface area contributed by atoms with Gasteiger partial charge < -0.3 is 14.2 Å². The third-order valence-corrected chi connectivity index (χ3v) is 5.40. The summed E-state index contributed by atoms with van der Waals surface area (Å²) in [6.07, 6.45) is 5.48. The van der Waals surface area contributed by atoms with E-state index in [0.29, 0.717) is 13.0 Å². The highest BCUT2D eigenvalue weighted by Crippen LogP contribution is 2.44. The lowest BCUT2D eigenvalue weighted by Crippen LogP contribution is -2.46. The van der Waals surface area contributed by atoms with E-state index in [1.165, 1.54) is 5.56 Å². The number of hydrogen-bond acceptors (Lipinski definition) is 4. The number of carbonyl (C=O) groups excluding carboxylic acids is 1. The van der Waals surface area contributed by atoms with Crippen LogP contribution < -0.4 is 9.47 Å². The number of hydrogen-bond donors (Lipinski definition) is 0. The Morgan fingerprint density at radius 3 is 2.35 bits per heavy atom. The van der Waals surface area contributed by atoms with Crippen molar-refractivity contribution >= 4 is 5.97 Å². The molecule has 1 aliphatic heterocycles. The Labute approximate surface area is 158 Å². The molecule has 0 bridgehead atoms. The summed E-state index contributed by atoms with van der Waals surface area (Å²) in [6, 6.07) is 0. The fourth-order valence-electron chi connectivity index (χ4n) is 3.38. The lowest BCUT2D eigenvalue weighted by molar-refractivity contribution is -0.162. The van der Waals surface area contributed by atoms with Gasteiger partial charge in [0.15, 0.2) is 0 Å². The largest absolute Gasteiger partial charge is 0.493 e. The Kier molecular flexibility index (Phi) is 6.96. The molecule has 1 unspecified atom stereocenters. The number of unbranched alkanes of at least 4 members (excludes halogenated alkanes) is 2. The quantitative estimate of drug-likeness (QED) is 0.470. The first-order valence-electron chi connectivity index (χ1n) is 9.97. The molecule has 4 nitrogen and oxygen atoms in total. The van der Waals surface area contributed by atoms with Crippen molar-refractivity contribution in [3.63, 3.8) is 0 Å². The van der Waals surface area contributed by atoms with Gasteiger partial charge >= 0.3 is 5.97 Å². The summed E-state index contributed by atoms with van der Waals surface area (Å²) in [5.74, 6) is 1.56. The van der Waals surface area contributed by atoms with E-state index in [4.69, 9.17) is 14.2 Å². The number of ether oxygens (including phenoxy) is 3. The zero-order valence-corrected chi connectivity index (χ0v) is 17.3. The van der Waals surface area contributed by atoms with Crippen LogP contribution in [0.1, 0.15) is 75.1 Å². The second-order valence-corrected chi connectivity index (χ2v) is 7.54. The fraction of sp³-hybridized carbons (Fsp3) is 0.682. The van der Waals surface area contributed by atoms with Crippen LogP contribution in [-0.2, 0) is 16.0 Å². The van der Waals surface area contributed by atoms with Gasteiger partial charge in [-0.3, -0.25) is 0 Å². The summed E-state index contributed by atoms with van der Waals surface area (Å²) in [4.78, 5) is 12.6.